The van der Waals surface area contributed by atoms with Crippen LogP contribution in [0, 0.1) is 3.57 Å². The Labute approximate surface area is 104 Å². The molecule has 1 atom stereocenters. The Kier molecular flexibility index (Phi) is 3.64. The van der Waals surface area contributed by atoms with E-state index in [1.54, 1.807) is 0 Å². The topological polar surface area (TPSA) is 21.3 Å². The Balaban J connectivity index is 2.30. The first kappa shape index (κ1) is 11.0. The first-order valence-corrected chi connectivity index (χ1v) is 6.15. The quantitative estimate of drug-likeness (QED) is 0.866. The summed E-state index contributed by atoms with van der Waals surface area (Å²) in [5.41, 5.74) is 1.29. The highest BCUT2D eigenvalue weighted by atomic mass is 127. The number of hydrogen-bond donors (Lipinski definition) is 1. The van der Waals surface area contributed by atoms with Gasteiger partial charge < -0.3 is 10.1 Å². The molecule has 2 rings (SSSR count). The van der Waals surface area contributed by atoms with E-state index in [9.17, 15) is 0 Å². The number of benzene rings is 1. The fraction of sp³-hybridized carbons (Fsp3) is 0.333. The number of nitrogens with one attached hydrogen (secondary N) is 1. The van der Waals surface area contributed by atoms with Crippen molar-refractivity contribution in [3.8, 4) is 0 Å². The van der Waals surface area contributed by atoms with E-state index >= 15 is 0 Å². The molecule has 80 valence electrons. The van der Waals surface area contributed by atoms with Gasteiger partial charge in [0.25, 0.3) is 0 Å². The lowest BCUT2D eigenvalue weighted by Gasteiger charge is -2.19. The van der Waals surface area contributed by atoms with E-state index in [0.29, 0.717) is 0 Å². The van der Waals surface area contributed by atoms with Crippen LogP contribution in [0.2, 0.25) is 0 Å². The monoisotopic (exact) mass is 315 g/mol. The van der Waals surface area contributed by atoms with Crippen molar-refractivity contribution >= 4 is 22.6 Å². The van der Waals surface area contributed by atoms with Gasteiger partial charge in [-0.1, -0.05) is 18.2 Å². The molecule has 2 nitrogen and oxygen atoms in total. The largest absolute Gasteiger partial charge is 0.496 e. The molecule has 0 amide bonds. The van der Waals surface area contributed by atoms with Crippen LogP contribution in [0.25, 0.3) is 0 Å². The summed E-state index contributed by atoms with van der Waals surface area (Å²) in [6.07, 6.45) is 3.20. The summed E-state index contributed by atoms with van der Waals surface area (Å²) in [7, 11) is 1.97. The molecule has 0 aromatic heterocycles. The maximum atomic E-state index is 5.61. The van der Waals surface area contributed by atoms with Crippen LogP contribution in [-0.2, 0) is 4.74 Å². The van der Waals surface area contributed by atoms with Gasteiger partial charge >= 0.3 is 0 Å². The smallest absolute Gasteiger partial charge is 0.114 e. The number of rotatable bonds is 3. The third-order valence-electron chi connectivity index (χ3n) is 2.52. The second-order valence-corrected chi connectivity index (χ2v) is 4.65. The minimum atomic E-state index is 0.195. The first-order chi connectivity index (χ1) is 7.33. The van der Waals surface area contributed by atoms with E-state index in [1.807, 2.05) is 7.05 Å². The molecule has 1 aromatic carbocycles. The van der Waals surface area contributed by atoms with Crippen LogP contribution in [0.3, 0.4) is 0 Å². The SMILES string of the molecule is CNC(C1=CCCO1)c1ccccc1I. The number of halogens is 1. The number of ether oxygens (including phenoxy) is 1. The average molecular weight is 315 g/mol. The van der Waals surface area contributed by atoms with E-state index in [0.717, 1.165) is 18.8 Å². The molecule has 1 heterocycles. The van der Waals surface area contributed by atoms with Crippen LogP contribution in [0.4, 0.5) is 0 Å². The predicted octanol–water partition coefficient (Wildman–Crippen LogP) is 2.86. The summed E-state index contributed by atoms with van der Waals surface area (Å²) in [6, 6.07) is 8.58. The molecule has 0 saturated heterocycles. The van der Waals surface area contributed by atoms with Crippen molar-refractivity contribution in [3.63, 3.8) is 0 Å². The van der Waals surface area contributed by atoms with Gasteiger partial charge in [-0.05, 0) is 47.3 Å². The van der Waals surface area contributed by atoms with Gasteiger partial charge in [0.1, 0.15) is 5.76 Å². The summed E-state index contributed by atoms with van der Waals surface area (Å²) in [4.78, 5) is 0. The van der Waals surface area contributed by atoms with Crippen LogP contribution < -0.4 is 5.32 Å². The van der Waals surface area contributed by atoms with Gasteiger partial charge in [-0.2, -0.15) is 0 Å². The van der Waals surface area contributed by atoms with Crippen LogP contribution in [0.1, 0.15) is 18.0 Å². The minimum absolute atomic E-state index is 0.195. The first-order valence-electron chi connectivity index (χ1n) is 5.07. The second kappa shape index (κ2) is 4.99. The zero-order chi connectivity index (χ0) is 10.7. The van der Waals surface area contributed by atoms with Gasteiger partial charge in [0.2, 0.25) is 0 Å². The van der Waals surface area contributed by atoms with E-state index in [1.165, 1.54) is 9.13 Å². The molecule has 1 unspecified atom stereocenters. The van der Waals surface area contributed by atoms with Crippen molar-refractivity contribution in [2.45, 2.75) is 12.5 Å². The third-order valence-corrected chi connectivity index (χ3v) is 3.50. The maximum absolute atomic E-state index is 5.61. The van der Waals surface area contributed by atoms with Gasteiger partial charge in [0.15, 0.2) is 0 Å². The van der Waals surface area contributed by atoms with Crippen molar-refractivity contribution in [1.82, 2.24) is 5.32 Å². The number of hydrogen-bond acceptors (Lipinski definition) is 2. The Morgan fingerprint density at radius 2 is 2.20 bits per heavy atom. The molecule has 3 heteroatoms. The molecule has 0 fully saturated rings. The number of likely N-dealkylation sites (N-methyl/N-ethyl adjacent to an activating group) is 1. The Bertz CT molecular complexity index is 376. The fourth-order valence-electron chi connectivity index (χ4n) is 1.80. The molecule has 15 heavy (non-hydrogen) atoms. The van der Waals surface area contributed by atoms with Crippen LogP contribution >= 0.6 is 22.6 Å². The minimum Gasteiger partial charge on any atom is -0.496 e. The lowest BCUT2D eigenvalue weighted by atomic mass is 10.1. The van der Waals surface area contributed by atoms with Gasteiger partial charge in [-0.15, -0.1) is 0 Å². The summed E-state index contributed by atoms with van der Waals surface area (Å²) < 4.78 is 6.88. The molecule has 0 spiro atoms. The zero-order valence-electron chi connectivity index (χ0n) is 8.66. The molecular weight excluding hydrogens is 301 g/mol. The maximum Gasteiger partial charge on any atom is 0.114 e. The molecule has 0 aliphatic carbocycles. The summed E-state index contributed by atoms with van der Waals surface area (Å²) >= 11 is 2.36. The van der Waals surface area contributed by atoms with E-state index in [2.05, 4.69) is 58.2 Å². The molecule has 1 aromatic rings. The lowest BCUT2D eigenvalue weighted by Crippen LogP contribution is -2.20. The molecule has 0 saturated carbocycles. The summed E-state index contributed by atoms with van der Waals surface area (Å²) in [5.74, 6) is 1.06. The van der Waals surface area contributed by atoms with Crippen LogP contribution in [0.5, 0.6) is 0 Å². The Morgan fingerprint density at radius 3 is 2.80 bits per heavy atom. The van der Waals surface area contributed by atoms with Gasteiger partial charge in [-0.3, -0.25) is 0 Å². The van der Waals surface area contributed by atoms with Crippen LogP contribution in [0.15, 0.2) is 36.1 Å². The van der Waals surface area contributed by atoms with E-state index < -0.39 is 0 Å². The van der Waals surface area contributed by atoms with Gasteiger partial charge in [-0.25, -0.2) is 0 Å². The fourth-order valence-corrected chi connectivity index (χ4v) is 2.50. The summed E-state index contributed by atoms with van der Waals surface area (Å²) in [5, 5.41) is 3.30. The lowest BCUT2D eigenvalue weighted by molar-refractivity contribution is 0.218. The van der Waals surface area contributed by atoms with Gasteiger partial charge in [0.05, 0.1) is 12.6 Å². The standard InChI is InChI=1S/C12H14INO/c1-14-12(11-7-4-8-15-11)9-5-2-3-6-10(9)13/h2-3,5-7,12,14H,4,8H2,1H3. The molecule has 1 aliphatic rings. The molecule has 0 bridgehead atoms. The Hall–Kier alpha value is -0.550. The molecule has 1 N–H and O–H groups in total. The van der Waals surface area contributed by atoms with Crippen LogP contribution in [-0.4, -0.2) is 13.7 Å². The average Bonchev–Trinajstić information content (AvgIpc) is 2.75. The van der Waals surface area contributed by atoms with Crippen molar-refractivity contribution < 1.29 is 4.74 Å². The van der Waals surface area contributed by atoms with Crippen molar-refractivity contribution in [1.29, 1.82) is 0 Å². The summed E-state index contributed by atoms with van der Waals surface area (Å²) in [6.45, 7) is 0.816. The zero-order valence-corrected chi connectivity index (χ0v) is 10.8. The molecular formula is C12H14INO. The van der Waals surface area contributed by atoms with Gasteiger partial charge in [0, 0.05) is 9.99 Å². The van der Waals surface area contributed by atoms with Crippen molar-refractivity contribution in [2.24, 2.45) is 0 Å². The van der Waals surface area contributed by atoms with E-state index in [4.69, 9.17) is 4.74 Å². The highest BCUT2D eigenvalue weighted by molar-refractivity contribution is 14.1. The Morgan fingerprint density at radius 1 is 1.40 bits per heavy atom. The van der Waals surface area contributed by atoms with E-state index in [-0.39, 0.29) is 6.04 Å². The highest BCUT2D eigenvalue weighted by Crippen LogP contribution is 2.28. The van der Waals surface area contributed by atoms with Crippen molar-refractivity contribution in [3.05, 3.63) is 45.2 Å². The third kappa shape index (κ3) is 2.34. The highest BCUT2D eigenvalue weighted by Gasteiger charge is 2.20. The molecule has 1 aliphatic heterocycles. The normalized spacial score (nSPS) is 17.1. The second-order valence-electron chi connectivity index (χ2n) is 3.49. The predicted molar refractivity (Wildman–Crippen MR) is 69.6 cm³/mol. The molecule has 0 radical (unpaired) electrons. The van der Waals surface area contributed by atoms with Crippen molar-refractivity contribution in [2.75, 3.05) is 13.7 Å².